The van der Waals surface area contributed by atoms with Crippen molar-refractivity contribution in [2.75, 3.05) is 13.6 Å². The molecule has 0 bridgehead atoms. The van der Waals surface area contributed by atoms with Gasteiger partial charge in [-0.25, -0.2) is 0 Å². The Labute approximate surface area is 121 Å². The Balaban J connectivity index is 1.95. The van der Waals surface area contributed by atoms with Crippen molar-refractivity contribution in [1.29, 1.82) is 0 Å². The van der Waals surface area contributed by atoms with Gasteiger partial charge in [0, 0.05) is 18.5 Å². The molecule has 1 fully saturated rings. The van der Waals surface area contributed by atoms with Gasteiger partial charge in [0.1, 0.15) is 0 Å². The molecule has 0 saturated heterocycles. The summed E-state index contributed by atoms with van der Waals surface area (Å²) in [5.74, 6) is -0.394. The molecular weight excluding hydrogens is 281 g/mol. The van der Waals surface area contributed by atoms with Crippen LogP contribution in [0.4, 0.5) is 13.2 Å². The van der Waals surface area contributed by atoms with Crippen molar-refractivity contribution in [1.82, 2.24) is 10.6 Å². The number of rotatable bonds is 5. The fourth-order valence-corrected chi connectivity index (χ4v) is 2.29. The zero-order valence-electron chi connectivity index (χ0n) is 12.0. The largest absolute Gasteiger partial charge is 0.416 e. The number of hydrogen-bond donors (Lipinski definition) is 2. The molecule has 2 rings (SSSR count). The third kappa shape index (κ3) is 3.97. The maximum atomic E-state index is 12.7. The lowest BCUT2D eigenvalue weighted by atomic mass is 10.1. The van der Waals surface area contributed by atoms with E-state index in [2.05, 4.69) is 10.6 Å². The van der Waals surface area contributed by atoms with Crippen LogP contribution in [0.15, 0.2) is 24.3 Å². The van der Waals surface area contributed by atoms with E-state index in [9.17, 15) is 18.0 Å². The van der Waals surface area contributed by atoms with E-state index in [-0.39, 0.29) is 23.8 Å². The first-order valence-corrected chi connectivity index (χ1v) is 6.95. The van der Waals surface area contributed by atoms with Gasteiger partial charge in [-0.3, -0.25) is 4.79 Å². The summed E-state index contributed by atoms with van der Waals surface area (Å²) in [5, 5.41) is 5.82. The highest BCUT2D eigenvalue weighted by atomic mass is 19.4. The number of alkyl halides is 3. The van der Waals surface area contributed by atoms with Crippen LogP contribution in [0.1, 0.15) is 30.4 Å². The van der Waals surface area contributed by atoms with Crippen LogP contribution in [0, 0.1) is 5.92 Å². The van der Waals surface area contributed by atoms with Crippen molar-refractivity contribution in [3.8, 4) is 0 Å². The predicted molar refractivity (Wildman–Crippen MR) is 73.8 cm³/mol. The summed E-state index contributed by atoms with van der Waals surface area (Å²) >= 11 is 0. The van der Waals surface area contributed by atoms with Crippen LogP contribution in [0.2, 0.25) is 0 Å². The molecule has 0 spiro atoms. The summed E-state index contributed by atoms with van der Waals surface area (Å²) in [6.45, 7) is 2.46. The number of carbonyl (C=O) groups excluding carboxylic acids is 1. The maximum Gasteiger partial charge on any atom is 0.416 e. The van der Waals surface area contributed by atoms with Crippen LogP contribution in [0.5, 0.6) is 0 Å². The second-order valence-corrected chi connectivity index (χ2v) is 5.51. The first kappa shape index (κ1) is 15.8. The van der Waals surface area contributed by atoms with E-state index in [1.54, 1.807) is 13.1 Å². The highest BCUT2D eigenvalue weighted by Crippen LogP contribution is 2.48. The number of benzene rings is 1. The third-order valence-corrected chi connectivity index (χ3v) is 3.84. The van der Waals surface area contributed by atoms with Crippen molar-refractivity contribution < 1.29 is 18.0 Å². The molecule has 0 radical (unpaired) electrons. The molecule has 2 N–H and O–H groups in total. The van der Waals surface area contributed by atoms with Crippen LogP contribution in [-0.2, 0) is 11.0 Å². The lowest BCUT2D eigenvalue weighted by molar-refractivity contribution is -0.137. The fourth-order valence-electron chi connectivity index (χ4n) is 2.29. The predicted octanol–water partition coefficient (Wildman–Crippen LogP) is 2.53. The van der Waals surface area contributed by atoms with Gasteiger partial charge in [0.2, 0.25) is 5.91 Å². The molecular formula is C15H19F3N2O. The SMILES string of the molecule is CNC(C)CNC(=O)C1CC1c1cccc(C(F)(F)F)c1. The van der Waals surface area contributed by atoms with E-state index >= 15 is 0 Å². The van der Waals surface area contributed by atoms with Crippen molar-refractivity contribution in [3.05, 3.63) is 35.4 Å². The number of hydrogen-bond acceptors (Lipinski definition) is 2. The zero-order chi connectivity index (χ0) is 15.6. The molecule has 6 heteroatoms. The van der Waals surface area contributed by atoms with Gasteiger partial charge in [0.05, 0.1) is 5.56 Å². The van der Waals surface area contributed by atoms with Gasteiger partial charge in [0.25, 0.3) is 0 Å². The summed E-state index contributed by atoms with van der Waals surface area (Å²) < 4.78 is 38.0. The Morgan fingerprint density at radius 2 is 2.14 bits per heavy atom. The zero-order valence-corrected chi connectivity index (χ0v) is 12.0. The van der Waals surface area contributed by atoms with Crippen LogP contribution >= 0.6 is 0 Å². The van der Waals surface area contributed by atoms with Gasteiger partial charge in [-0.1, -0.05) is 18.2 Å². The molecule has 0 aliphatic heterocycles. The van der Waals surface area contributed by atoms with Crippen LogP contribution in [0.25, 0.3) is 0 Å². The van der Waals surface area contributed by atoms with Gasteiger partial charge >= 0.3 is 6.18 Å². The van der Waals surface area contributed by atoms with Crippen LogP contribution < -0.4 is 10.6 Å². The van der Waals surface area contributed by atoms with Crippen molar-refractivity contribution >= 4 is 5.91 Å². The summed E-state index contributed by atoms with van der Waals surface area (Å²) in [6, 6.07) is 5.42. The van der Waals surface area contributed by atoms with Crippen LogP contribution in [0.3, 0.4) is 0 Å². The number of halogens is 3. The lowest BCUT2D eigenvalue weighted by Crippen LogP contribution is -2.37. The quantitative estimate of drug-likeness (QED) is 0.877. The molecule has 1 aliphatic carbocycles. The number of carbonyl (C=O) groups is 1. The van der Waals surface area contributed by atoms with Gasteiger partial charge in [-0.2, -0.15) is 13.2 Å². The maximum absolute atomic E-state index is 12.7. The minimum Gasteiger partial charge on any atom is -0.354 e. The number of nitrogens with one attached hydrogen (secondary N) is 2. The summed E-state index contributed by atoms with van der Waals surface area (Å²) in [7, 11) is 1.80. The Morgan fingerprint density at radius 3 is 2.76 bits per heavy atom. The Bertz CT molecular complexity index is 516. The molecule has 1 aromatic carbocycles. The number of amides is 1. The smallest absolute Gasteiger partial charge is 0.354 e. The van der Waals surface area contributed by atoms with Gasteiger partial charge < -0.3 is 10.6 Å². The van der Waals surface area contributed by atoms with Crippen LogP contribution in [-0.4, -0.2) is 25.5 Å². The van der Waals surface area contributed by atoms with E-state index in [0.717, 1.165) is 12.1 Å². The summed E-state index contributed by atoms with van der Waals surface area (Å²) in [4.78, 5) is 11.9. The monoisotopic (exact) mass is 300 g/mol. The molecule has 0 heterocycles. The average molecular weight is 300 g/mol. The van der Waals surface area contributed by atoms with Gasteiger partial charge in [0.15, 0.2) is 0 Å². The molecule has 3 unspecified atom stereocenters. The first-order chi connectivity index (χ1) is 9.82. The minimum absolute atomic E-state index is 0.0838. The molecule has 21 heavy (non-hydrogen) atoms. The Hall–Kier alpha value is -1.56. The van der Waals surface area contributed by atoms with E-state index < -0.39 is 11.7 Å². The minimum atomic E-state index is -4.34. The van der Waals surface area contributed by atoms with E-state index in [0.29, 0.717) is 18.5 Å². The van der Waals surface area contributed by atoms with Crippen molar-refractivity contribution in [2.24, 2.45) is 5.92 Å². The van der Waals surface area contributed by atoms with E-state index in [1.807, 2.05) is 6.92 Å². The summed E-state index contributed by atoms with van der Waals surface area (Å²) in [6.07, 6.45) is -3.73. The normalized spacial score (nSPS) is 22.7. The molecule has 0 aromatic heterocycles. The van der Waals surface area contributed by atoms with Crippen molar-refractivity contribution in [3.63, 3.8) is 0 Å². The van der Waals surface area contributed by atoms with Crippen molar-refractivity contribution in [2.45, 2.75) is 31.5 Å². The molecule has 1 amide bonds. The molecule has 1 saturated carbocycles. The Morgan fingerprint density at radius 1 is 1.43 bits per heavy atom. The molecule has 3 atom stereocenters. The van der Waals surface area contributed by atoms with E-state index in [4.69, 9.17) is 0 Å². The van der Waals surface area contributed by atoms with Gasteiger partial charge in [-0.05, 0) is 37.9 Å². The molecule has 3 nitrogen and oxygen atoms in total. The Kier molecular flexibility index (Phi) is 4.56. The van der Waals surface area contributed by atoms with Gasteiger partial charge in [-0.15, -0.1) is 0 Å². The fraction of sp³-hybridized carbons (Fsp3) is 0.533. The third-order valence-electron chi connectivity index (χ3n) is 3.84. The topological polar surface area (TPSA) is 41.1 Å². The first-order valence-electron chi connectivity index (χ1n) is 6.95. The summed E-state index contributed by atoms with van der Waals surface area (Å²) in [5.41, 5.74) is -0.0681. The molecule has 116 valence electrons. The lowest BCUT2D eigenvalue weighted by Gasteiger charge is -2.11. The second-order valence-electron chi connectivity index (χ2n) is 5.51. The standard InChI is InChI=1S/C15H19F3N2O/c1-9(19-2)8-20-14(21)13-7-12(13)10-4-3-5-11(6-10)15(16,17)18/h3-6,9,12-13,19H,7-8H2,1-2H3,(H,20,21). The molecule has 1 aromatic rings. The highest BCUT2D eigenvalue weighted by molar-refractivity contribution is 5.82. The average Bonchev–Trinajstić information content (AvgIpc) is 3.24. The second kappa shape index (κ2) is 6.05. The van der Waals surface area contributed by atoms with E-state index in [1.165, 1.54) is 6.07 Å². The molecule has 1 aliphatic rings. The number of likely N-dealkylation sites (N-methyl/N-ethyl adjacent to an activating group) is 1. The highest BCUT2D eigenvalue weighted by Gasteiger charge is 2.44.